The van der Waals surface area contributed by atoms with Crippen molar-refractivity contribution < 1.29 is 4.74 Å². The van der Waals surface area contributed by atoms with E-state index >= 15 is 0 Å². The molecule has 3 heteroatoms. The van der Waals surface area contributed by atoms with Crippen LogP contribution in [0.15, 0.2) is 42.5 Å². The van der Waals surface area contributed by atoms with E-state index in [1.54, 1.807) is 0 Å². The molecular weight excluding hydrogens is 267 g/mol. The molecule has 0 fully saturated rings. The first-order valence-electron chi connectivity index (χ1n) is 5.73. The van der Waals surface area contributed by atoms with Crippen molar-refractivity contribution in [2.45, 2.75) is 19.4 Å². The van der Waals surface area contributed by atoms with Crippen molar-refractivity contribution in [2.24, 2.45) is 0 Å². The monoisotopic (exact) mass is 280 g/mol. The van der Waals surface area contributed by atoms with Crippen LogP contribution in [-0.4, -0.2) is 0 Å². The molecule has 0 aliphatic rings. The van der Waals surface area contributed by atoms with Crippen LogP contribution in [-0.2, 0) is 12.5 Å². The fourth-order valence-electron chi connectivity index (χ4n) is 1.73. The molecule has 0 aliphatic heterocycles. The first-order valence-corrected chi connectivity index (χ1v) is 6.64. The second-order valence-electron chi connectivity index (χ2n) is 4.07. The molecule has 2 aromatic carbocycles. The highest BCUT2D eigenvalue weighted by molar-refractivity contribution is 6.32. The summed E-state index contributed by atoms with van der Waals surface area (Å²) in [6, 6.07) is 13.7. The Balaban J connectivity index is 2.16. The highest BCUT2D eigenvalue weighted by Crippen LogP contribution is 2.28. The van der Waals surface area contributed by atoms with E-state index in [2.05, 4.69) is 19.1 Å². The average Bonchev–Trinajstić information content (AvgIpc) is 2.38. The van der Waals surface area contributed by atoms with Crippen LogP contribution in [0.3, 0.4) is 0 Å². The molecule has 2 rings (SSSR count). The maximum atomic E-state index is 6.08. The summed E-state index contributed by atoms with van der Waals surface area (Å²) < 4.78 is 5.81. The molecule has 0 N–H and O–H groups in total. The number of hydrogen-bond donors (Lipinski definition) is 0. The van der Waals surface area contributed by atoms with E-state index in [0.29, 0.717) is 17.5 Å². The Bertz CT molecular complexity index is 538. The van der Waals surface area contributed by atoms with Crippen LogP contribution in [0, 0.1) is 6.92 Å². The molecule has 0 spiro atoms. The van der Waals surface area contributed by atoms with E-state index in [1.807, 2.05) is 30.3 Å². The van der Waals surface area contributed by atoms with E-state index in [9.17, 15) is 0 Å². The molecule has 0 amide bonds. The molecule has 2 aromatic rings. The van der Waals surface area contributed by atoms with Crippen LogP contribution in [0.4, 0.5) is 0 Å². The van der Waals surface area contributed by atoms with Gasteiger partial charge in [-0.3, -0.25) is 0 Å². The molecule has 0 aromatic heterocycles. The highest BCUT2D eigenvalue weighted by Gasteiger charge is 2.07. The van der Waals surface area contributed by atoms with E-state index in [-0.39, 0.29) is 0 Å². The number of rotatable bonds is 4. The van der Waals surface area contributed by atoms with Gasteiger partial charge in [0.1, 0.15) is 12.4 Å². The van der Waals surface area contributed by atoms with Crippen LogP contribution in [0.2, 0.25) is 5.02 Å². The Kier molecular flexibility index (Phi) is 4.51. The summed E-state index contributed by atoms with van der Waals surface area (Å²) in [6.45, 7) is 2.59. The minimum Gasteiger partial charge on any atom is -0.489 e. The molecule has 0 radical (unpaired) electrons. The van der Waals surface area contributed by atoms with Gasteiger partial charge in [0.25, 0.3) is 0 Å². The van der Waals surface area contributed by atoms with Gasteiger partial charge in [-0.2, -0.15) is 0 Å². The van der Waals surface area contributed by atoms with Gasteiger partial charge in [-0.15, -0.1) is 11.6 Å². The zero-order valence-electron chi connectivity index (χ0n) is 10.1. The maximum absolute atomic E-state index is 6.08. The van der Waals surface area contributed by atoms with Crippen molar-refractivity contribution in [1.82, 2.24) is 0 Å². The second kappa shape index (κ2) is 6.12. The maximum Gasteiger partial charge on any atom is 0.125 e. The van der Waals surface area contributed by atoms with Gasteiger partial charge in [-0.05, 0) is 30.2 Å². The van der Waals surface area contributed by atoms with Crippen LogP contribution in [0.25, 0.3) is 0 Å². The molecule has 0 aliphatic carbocycles. The third kappa shape index (κ3) is 2.98. The summed E-state index contributed by atoms with van der Waals surface area (Å²) in [7, 11) is 0. The molecule has 18 heavy (non-hydrogen) atoms. The highest BCUT2D eigenvalue weighted by atomic mass is 35.5. The Morgan fingerprint density at radius 2 is 1.83 bits per heavy atom. The van der Waals surface area contributed by atoms with Gasteiger partial charge in [0.2, 0.25) is 0 Å². The Hall–Kier alpha value is -1.18. The van der Waals surface area contributed by atoms with Crippen molar-refractivity contribution in [2.75, 3.05) is 0 Å². The van der Waals surface area contributed by atoms with Crippen molar-refractivity contribution in [1.29, 1.82) is 0 Å². The third-order valence-corrected chi connectivity index (χ3v) is 3.48. The van der Waals surface area contributed by atoms with Crippen LogP contribution in [0.5, 0.6) is 5.75 Å². The van der Waals surface area contributed by atoms with E-state index in [0.717, 1.165) is 16.9 Å². The predicted molar refractivity (Wildman–Crippen MR) is 76.5 cm³/mol. The molecule has 1 nitrogen and oxygen atoms in total. The SMILES string of the molecule is Cc1ccccc1COc1cccc(Cl)c1CCl. The summed E-state index contributed by atoms with van der Waals surface area (Å²) in [5.41, 5.74) is 3.22. The summed E-state index contributed by atoms with van der Waals surface area (Å²) in [6.07, 6.45) is 0. The van der Waals surface area contributed by atoms with Gasteiger partial charge < -0.3 is 4.74 Å². The van der Waals surface area contributed by atoms with Gasteiger partial charge in [-0.25, -0.2) is 0 Å². The number of halogens is 2. The van der Waals surface area contributed by atoms with Crippen LogP contribution in [0.1, 0.15) is 16.7 Å². The largest absolute Gasteiger partial charge is 0.489 e. The lowest BCUT2D eigenvalue weighted by Crippen LogP contribution is -2.00. The van der Waals surface area contributed by atoms with Gasteiger partial charge in [-0.1, -0.05) is 41.9 Å². The van der Waals surface area contributed by atoms with E-state index in [4.69, 9.17) is 27.9 Å². The predicted octanol–water partition coefficient (Wildman–Crippen LogP) is 4.97. The number of benzene rings is 2. The number of aryl methyl sites for hydroxylation is 1. The average molecular weight is 281 g/mol. The second-order valence-corrected chi connectivity index (χ2v) is 4.74. The van der Waals surface area contributed by atoms with Gasteiger partial charge >= 0.3 is 0 Å². The Morgan fingerprint density at radius 3 is 2.56 bits per heavy atom. The first kappa shape index (κ1) is 13.3. The van der Waals surface area contributed by atoms with E-state index < -0.39 is 0 Å². The molecule has 0 unspecified atom stereocenters. The lowest BCUT2D eigenvalue weighted by atomic mass is 10.1. The summed E-state index contributed by atoms with van der Waals surface area (Å²) in [4.78, 5) is 0. The van der Waals surface area contributed by atoms with Crippen LogP contribution >= 0.6 is 23.2 Å². The summed E-state index contributed by atoms with van der Waals surface area (Å²) in [5, 5.41) is 0.646. The van der Waals surface area contributed by atoms with Crippen LogP contribution < -0.4 is 4.74 Å². The molecule has 0 saturated heterocycles. The van der Waals surface area contributed by atoms with Gasteiger partial charge in [0, 0.05) is 10.6 Å². The van der Waals surface area contributed by atoms with Crippen molar-refractivity contribution in [3.63, 3.8) is 0 Å². The molecule has 94 valence electrons. The lowest BCUT2D eigenvalue weighted by molar-refractivity contribution is 0.303. The molecule has 0 heterocycles. The fraction of sp³-hybridized carbons (Fsp3) is 0.200. The topological polar surface area (TPSA) is 9.23 Å². The molecular formula is C15H14Cl2O. The molecule has 0 bridgehead atoms. The standard InChI is InChI=1S/C15H14Cl2O/c1-11-5-2-3-6-12(11)10-18-15-8-4-7-14(17)13(15)9-16/h2-8H,9-10H2,1H3. The van der Waals surface area contributed by atoms with Crippen molar-refractivity contribution in [3.8, 4) is 5.75 Å². The van der Waals surface area contributed by atoms with E-state index in [1.165, 1.54) is 5.56 Å². The number of ether oxygens (including phenoxy) is 1. The first-order chi connectivity index (χ1) is 8.72. The zero-order valence-corrected chi connectivity index (χ0v) is 11.6. The normalized spacial score (nSPS) is 10.4. The minimum atomic E-state index is 0.350. The quantitative estimate of drug-likeness (QED) is 0.719. The number of hydrogen-bond acceptors (Lipinski definition) is 1. The molecule has 0 saturated carbocycles. The molecule has 0 atom stereocenters. The van der Waals surface area contributed by atoms with Gasteiger partial charge in [0.05, 0.1) is 5.88 Å². The summed E-state index contributed by atoms with van der Waals surface area (Å²) in [5.74, 6) is 1.10. The Labute approximate surface area is 117 Å². The number of alkyl halides is 1. The van der Waals surface area contributed by atoms with Crippen molar-refractivity contribution >= 4 is 23.2 Å². The van der Waals surface area contributed by atoms with Gasteiger partial charge in [0.15, 0.2) is 0 Å². The minimum absolute atomic E-state index is 0.350. The summed E-state index contributed by atoms with van der Waals surface area (Å²) >= 11 is 12.0. The van der Waals surface area contributed by atoms with Crippen molar-refractivity contribution in [3.05, 3.63) is 64.2 Å². The lowest BCUT2D eigenvalue weighted by Gasteiger charge is -2.12. The zero-order chi connectivity index (χ0) is 13.0. The Morgan fingerprint density at radius 1 is 1.06 bits per heavy atom. The third-order valence-electron chi connectivity index (χ3n) is 2.85. The smallest absolute Gasteiger partial charge is 0.125 e. The fourth-order valence-corrected chi connectivity index (χ4v) is 2.31.